The van der Waals surface area contributed by atoms with E-state index in [4.69, 9.17) is 0 Å². The molecule has 1 aliphatic carbocycles. The van der Waals surface area contributed by atoms with Gasteiger partial charge in [-0.25, -0.2) is 0 Å². The SMILES string of the molecule is CSc1ccc(C(C)NC2CC2(C)C)cc1. The van der Waals surface area contributed by atoms with Gasteiger partial charge in [-0.3, -0.25) is 0 Å². The summed E-state index contributed by atoms with van der Waals surface area (Å²) in [7, 11) is 0. The van der Waals surface area contributed by atoms with Gasteiger partial charge in [0.25, 0.3) is 0 Å². The van der Waals surface area contributed by atoms with E-state index in [9.17, 15) is 0 Å². The highest BCUT2D eigenvalue weighted by atomic mass is 32.2. The zero-order valence-corrected chi connectivity index (χ0v) is 11.4. The van der Waals surface area contributed by atoms with Gasteiger partial charge in [-0.1, -0.05) is 26.0 Å². The Kier molecular flexibility index (Phi) is 3.32. The highest BCUT2D eigenvalue weighted by molar-refractivity contribution is 7.98. The first-order chi connectivity index (χ1) is 7.53. The zero-order valence-electron chi connectivity index (χ0n) is 10.6. The van der Waals surface area contributed by atoms with Crippen molar-refractivity contribution in [3.63, 3.8) is 0 Å². The van der Waals surface area contributed by atoms with Crippen molar-refractivity contribution < 1.29 is 0 Å². The minimum atomic E-state index is 0.461. The van der Waals surface area contributed by atoms with Crippen molar-refractivity contribution >= 4 is 11.8 Å². The van der Waals surface area contributed by atoms with Gasteiger partial charge in [-0.15, -0.1) is 11.8 Å². The fourth-order valence-corrected chi connectivity index (χ4v) is 2.45. The maximum Gasteiger partial charge on any atom is 0.0294 e. The molecular weight excluding hydrogens is 214 g/mol. The van der Waals surface area contributed by atoms with Crippen LogP contribution < -0.4 is 5.32 Å². The van der Waals surface area contributed by atoms with E-state index in [0.717, 1.165) is 0 Å². The predicted molar refractivity (Wildman–Crippen MR) is 72.0 cm³/mol. The molecule has 1 aromatic rings. The molecule has 0 saturated heterocycles. The fourth-order valence-electron chi connectivity index (χ4n) is 2.04. The molecule has 1 aliphatic rings. The summed E-state index contributed by atoms with van der Waals surface area (Å²) in [5.41, 5.74) is 1.90. The van der Waals surface area contributed by atoms with Gasteiger partial charge in [0.1, 0.15) is 0 Å². The van der Waals surface area contributed by atoms with Crippen molar-refractivity contribution in [3.05, 3.63) is 29.8 Å². The Morgan fingerprint density at radius 1 is 1.31 bits per heavy atom. The second-order valence-electron chi connectivity index (χ2n) is 5.41. The zero-order chi connectivity index (χ0) is 11.8. The third-order valence-electron chi connectivity index (χ3n) is 3.58. The van der Waals surface area contributed by atoms with Gasteiger partial charge < -0.3 is 5.32 Å². The molecule has 1 aromatic carbocycles. The molecule has 2 rings (SSSR count). The topological polar surface area (TPSA) is 12.0 Å². The van der Waals surface area contributed by atoms with Crippen LogP contribution in [-0.2, 0) is 0 Å². The second kappa shape index (κ2) is 4.42. The smallest absolute Gasteiger partial charge is 0.0294 e. The summed E-state index contributed by atoms with van der Waals surface area (Å²) in [4.78, 5) is 1.34. The summed E-state index contributed by atoms with van der Waals surface area (Å²) in [6.45, 7) is 6.91. The molecule has 0 amide bonds. The normalized spacial score (nSPS) is 24.1. The lowest BCUT2D eigenvalue weighted by molar-refractivity contribution is 0.492. The van der Waals surface area contributed by atoms with Crippen molar-refractivity contribution in [1.82, 2.24) is 5.32 Å². The lowest BCUT2D eigenvalue weighted by Crippen LogP contribution is -2.24. The Labute approximate surface area is 103 Å². The van der Waals surface area contributed by atoms with Gasteiger partial charge in [0, 0.05) is 17.0 Å². The summed E-state index contributed by atoms with van der Waals surface area (Å²) in [6, 6.07) is 10.0. The number of rotatable bonds is 4. The molecule has 2 atom stereocenters. The largest absolute Gasteiger partial charge is 0.307 e. The molecule has 0 heterocycles. The number of thioether (sulfide) groups is 1. The van der Waals surface area contributed by atoms with Crippen molar-refractivity contribution in [2.24, 2.45) is 5.41 Å². The Balaban J connectivity index is 1.96. The van der Waals surface area contributed by atoms with E-state index in [1.54, 1.807) is 11.8 Å². The lowest BCUT2D eigenvalue weighted by Gasteiger charge is -2.15. The Bertz CT molecular complexity index is 356. The van der Waals surface area contributed by atoms with E-state index in [0.29, 0.717) is 17.5 Å². The Morgan fingerprint density at radius 2 is 1.88 bits per heavy atom. The number of benzene rings is 1. The molecule has 2 unspecified atom stereocenters. The van der Waals surface area contributed by atoms with Crippen LogP contribution in [0.2, 0.25) is 0 Å². The van der Waals surface area contributed by atoms with Crippen molar-refractivity contribution in [1.29, 1.82) is 0 Å². The minimum Gasteiger partial charge on any atom is -0.307 e. The average Bonchev–Trinajstić information content (AvgIpc) is 2.86. The highest BCUT2D eigenvalue weighted by Crippen LogP contribution is 2.45. The minimum absolute atomic E-state index is 0.461. The molecule has 1 N–H and O–H groups in total. The van der Waals surface area contributed by atoms with Gasteiger partial charge >= 0.3 is 0 Å². The van der Waals surface area contributed by atoms with Crippen LogP contribution in [0, 0.1) is 5.41 Å². The highest BCUT2D eigenvalue weighted by Gasteiger charge is 2.45. The molecule has 0 aliphatic heterocycles. The molecule has 1 nitrogen and oxygen atoms in total. The van der Waals surface area contributed by atoms with Gasteiger partial charge in [0.05, 0.1) is 0 Å². The van der Waals surface area contributed by atoms with Crippen LogP contribution in [0.15, 0.2) is 29.2 Å². The first kappa shape index (κ1) is 12.0. The number of hydrogen-bond donors (Lipinski definition) is 1. The molecule has 0 spiro atoms. The first-order valence-electron chi connectivity index (χ1n) is 5.93. The maximum atomic E-state index is 3.69. The van der Waals surface area contributed by atoms with E-state index in [1.807, 2.05) is 0 Å². The fraction of sp³-hybridized carbons (Fsp3) is 0.571. The quantitative estimate of drug-likeness (QED) is 0.795. The van der Waals surface area contributed by atoms with Crippen LogP contribution in [0.4, 0.5) is 0 Å². The van der Waals surface area contributed by atoms with Crippen molar-refractivity contribution in [2.45, 2.75) is 44.2 Å². The van der Waals surface area contributed by atoms with Gasteiger partial charge in [0.2, 0.25) is 0 Å². The van der Waals surface area contributed by atoms with Crippen LogP contribution in [0.1, 0.15) is 38.8 Å². The third-order valence-corrected chi connectivity index (χ3v) is 4.32. The number of hydrogen-bond acceptors (Lipinski definition) is 2. The van der Waals surface area contributed by atoms with E-state index >= 15 is 0 Å². The predicted octanol–water partition coefficient (Wildman–Crippen LogP) is 3.86. The molecule has 2 heteroatoms. The lowest BCUT2D eigenvalue weighted by atomic mass is 10.1. The van der Waals surface area contributed by atoms with Crippen LogP contribution in [0.5, 0.6) is 0 Å². The van der Waals surface area contributed by atoms with Gasteiger partial charge in [-0.05, 0) is 42.7 Å². The summed E-state index contributed by atoms with van der Waals surface area (Å²) >= 11 is 1.79. The molecule has 1 fully saturated rings. The number of nitrogens with one attached hydrogen (secondary N) is 1. The summed E-state index contributed by atoms with van der Waals surface area (Å²) in [5, 5.41) is 3.69. The van der Waals surface area contributed by atoms with Crippen molar-refractivity contribution in [3.8, 4) is 0 Å². The van der Waals surface area contributed by atoms with Gasteiger partial charge in [-0.2, -0.15) is 0 Å². The van der Waals surface area contributed by atoms with Crippen LogP contribution in [0.25, 0.3) is 0 Å². The molecule has 1 saturated carbocycles. The van der Waals surface area contributed by atoms with E-state index in [-0.39, 0.29) is 0 Å². The molecule has 0 radical (unpaired) electrons. The molecule has 0 aromatic heterocycles. The van der Waals surface area contributed by atoms with E-state index in [1.165, 1.54) is 16.9 Å². The summed E-state index contributed by atoms with van der Waals surface area (Å²) < 4.78 is 0. The maximum absolute atomic E-state index is 3.69. The molecular formula is C14H21NS. The summed E-state index contributed by atoms with van der Waals surface area (Å²) in [6.07, 6.45) is 3.42. The summed E-state index contributed by atoms with van der Waals surface area (Å²) in [5.74, 6) is 0. The van der Waals surface area contributed by atoms with Crippen LogP contribution in [-0.4, -0.2) is 12.3 Å². The van der Waals surface area contributed by atoms with Crippen LogP contribution >= 0.6 is 11.8 Å². The van der Waals surface area contributed by atoms with Crippen molar-refractivity contribution in [2.75, 3.05) is 6.26 Å². The van der Waals surface area contributed by atoms with E-state index in [2.05, 4.69) is 56.6 Å². The van der Waals surface area contributed by atoms with E-state index < -0.39 is 0 Å². The Hall–Kier alpha value is -0.470. The monoisotopic (exact) mass is 235 g/mol. The second-order valence-corrected chi connectivity index (χ2v) is 6.29. The molecule has 88 valence electrons. The average molecular weight is 235 g/mol. The van der Waals surface area contributed by atoms with Crippen LogP contribution in [0.3, 0.4) is 0 Å². The third kappa shape index (κ3) is 2.61. The standard InChI is InChI=1S/C14H21NS/c1-10(15-13-9-14(13,2)3)11-5-7-12(16-4)8-6-11/h5-8,10,13,15H,9H2,1-4H3. The molecule has 16 heavy (non-hydrogen) atoms. The van der Waals surface area contributed by atoms with Gasteiger partial charge in [0.15, 0.2) is 0 Å². The first-order valence-corrected chi connectivity index (χ1v) is 7.15. The molecule has 0 bridgehead atoms. The Morgan fingerprint density at radius 3 is 2.31 bits per heavy atom.